The largest absolute Gasteiger partial charge is 0.493 e. The highest BCUT2D eigenvalue weighted by Crippen LogP contribution is 2.36. The van der Waals surface area contributed by atoms with E-state index in [4.69, 9.17) is 37.7 Å². The SMILES string of the molecule is COc1cc(Cl)cc(C=Nn2c(C3CCCCC3)nc3ccc(Br)cc3c2=O)c1OCc1ccccc1Cl. The highest BCUT2D eigenvalue weighted by Gasteiger charge is 2.23. The zero-order valence-electron chi connectivity index (χ0n) is 20.8. The predicted octanol–water partition coefficient (Wildman–Crippen LogP) is 7.98. The zero-order valence-corrected chi connectivity index (χ0v) is 23.9. The molecule has 0 saturated heterocycles. The Kier molecular flexibility index (Phi) is 8.36. The van der Waals surface area contributed by atoms with Gasteiger partial charge in [-0.25, -0.2) is 4.98 Å². The summed E-state index contributed by atoms with van der Waals surface area (Å²) in [6, 6.07) is 16.4. The lowest BCUT2D eigenvalue weighted by Crippen LogP contribution is -2.25. The quantitative estimate of drug-likeness (QED) is 0.198. The normalized spacial score (nSPS) is 14.3. The van der Waals surface area contributed by atoms with Crippen molar-refractivity contribution < 1.29 is 9.47 Å². The molecule has 1 aliphatic rings. The molecule has 1 fully saturated rings. The van der Waals surface area contributed by atoms with Gasteiger partial charge in [0.25, 0.3) is 5.56 Å². The van der Waals surface area contributed by atoms with E-state index >= 15 is 0 Å². The van der Waals surface area contributed by atoms with E-state index in [1.165, 1.54) is 11.1 Å². The van der Waals surface area contributed by atoms with Crippen molar-refractivity contribution >= 4 is 56.2 Å². The van der Waals surface area contributed by atoms with Crippen LogP contribution in [0.3, 0.4) is 0 Å². The first-order valence-corrected chi connectivity index (χ1v) is 14.0. The van der Waals surface area contributed by atoms with Gasteiger partial charge in [-0.3, -0.25) is 4.79 Å². The molecule has 1 saturated carbocycles. The molecule has 9 heteroatoms. The number of halogens is 3. The molecule has 5 rings (SSSR count). The third kappa shape index (κ3) is 5.75. The first-order valence-electron chi connectivity index (χ1n) is 12.4. The number of aromatic nitrogens is 2. The van der Waals surface area contributed by atoms with Crippen molar-refractivity contribution in [3.63, 3.8) is 0 Å². The number of ether oxygens (including phenoxy) is 2. The molecule has 0 spiro atoms. The van der Waals surface area contributed by atoms with Gasteiger partial charge in [0.15, 0.2) is 11.5 Å². The fraction of sp³-hybridized carbons (Fsp3) is 0.276. The van der Waals surface area contributed by atoms with Crippen LogP contribution in [0.25, 0.3) is 10.9 Å². The van der Waals surface area contributed by atoms with E-state index in [1.807, 2.05) is 36.4 Å². The number of benzene rings is 3. The van der Waals surface area contributed by atoms with Crippen molar-refractivity contribution in [1.29, 1.82) is 0 Å². The standard InChI is InChI=1S/C29H26BrCl2N3O3/c1-37-26-15-22(31)13-20(27(26)38-17-19-9-5-6-10-24(19)32)16-33-35-28(18-7-3-2-4-8-18)34-25-12-11-21(30)14-23(25)29(35)36/h5-6,9-16,18H,2-4,7-8,17H2,1H3. The number of hydrogen-bond donors (Lipinski definition) is 0. The summed E-state index contributed by atoms with van der Waals surface area (Å²) < 4.78 is 14.0. The second kappa shape index (κ2) is 11.9. The summed E-state index contributed by atoms with van der Waals surface area (Å²) in [4.78, 5) is 18.6. The summed E-state index contributed by atoms with van der Waals surface area (Å²) in [7, 11) is 1.55. The van der Waals surface area contributed by atoms with Crippen molar-refractivity contribution in [3.05, 3.63) is 96.4 Å². The van der Waals surface area contributed by atoms with Crippen molar-refractivity contribution in [2.45, 2.75) is 44.6 Å². The second-order valence-corrected chi connectivity index (χ2v) is 11.0. The fourth-order valence-corrected chi connectivity index (χ4v) is 5.55. The minimum Gasteiger partial charge on any atom is -0.493 e. The minimum absolute atomic E-state index is 0.159. The third-order valence-corrected chi connectivity index (χ3v) is 7.79. The number of nitrogens with zero attached hydrogens (tertiary/aromatic N) is 3. The summed E-state index contributed by atoms with van der Waals surface area (Å²) in [6.45, 7) is 0.220. The highest BCUT2D eigenvalue weighted by atomic mass is 79.9. The van der Waals surface area contributed by atoms with Gasteiger partial charge >= 0.3 is 0 Å². The first-order chi connectivity index (χ1) is 18.4. The van der Waals surface area contributed by atoms with Crippen LogP contribution in [0.5, 0.6) is 11.5 Å². The van der Waals surface area contributed by atoms with Crippen LogP contribution < -0.4 is 15.0 Å². The predicted molar refractivity (Wildman–Crippen MR) is 156 cm³/mol. The molecule has 0 amide bonds. The van der Waals surface area contributed by atoms with E-state index in [-0.39, 0.29) is 18.1 Å². The first kappa shape index (κ1) is 26.7. The lowest BCUT2D eigenvalue weighted by molar-refractivity contribution is 0.284. The molecule has 4 aromatic rings. The molecule has 1 heterocycles. The van der Waals surface area contributed by atoms with E-state index in [0.717, 1.165) is 35.7 Å². The maximum atomic E-state index is 13.7. The van der Waals surface area contributed by atoms with Crippen LogP contribution in [0.15, 0.2) is 69.0 Å². The molecule has 38 heavy (non-hydrogen) atoms. The Bertz CT molecular complexity index is 1570. The number of rotatable bonds is 7. The highest BCUT2D eigenvalue weighted by molar-refractivity contribution is 9.10. The van der Waals surface area contributed by atoms with Crippen LogP contribution in [0.1, 0.15) is 55.0 Å². The molecular formula is C29H26BrCl2N3O3. The molecule has 0 N–H and O–H groups in total. The van der Waals surface area contributed by atoms with Gasteiger partial charge in [-0.15, -0.1) is 0 Å². The lowest BCUT2D eigenvalue weighted by atomic mass is 9.88. The molecule has 0 unspecified atom stereocenters. The van der Waals surface area contributed by atoms with Crippen molar-refractivity contribution in [2.75, 3.05) is 7.11 Å². The van der Waals surface area contributed by atoms with Crippen LogP contribution in [0.4, 0.5) is 0 Å². The maximum Gasteiger partial charge on any atom is 0.282 e. The molecule has 1 aromatic heterocycles. The average molecular weight is 615 g/mol. The molecule has 0 aliphatic heterocycles. The van der Waals surface area contributed by atoms with Gasteiger partial charge < -0.3 is 9.47 Å². The van der Waals surface area contributed by atoms with Crippen LogP contribution in [-0.2, 0) is 6.61 Å². The summed E-state index contributed by atoms with van der Waals surface area (Å²) in [5, 5.41) is 6.21. The van der Waals surface area contributed by atoms with Gasteiger partial charge in [-0.2, -0.15) is 9.78 Å². The van der Waals surface area contributed by atoms with Crippen molar-refractivity contribution in [1.82, 2.24) is 9.66 Å². The Morgan fingerprint density at radius 2 is 1.89 bits per heavy atom. The Labute approximate surface area is 239 Å². The van der Waals surface area contributed by atoms with E-state index in [1.54, 1.807) is 31.5 Å². The van der Waals surface area contributed by atoms with Crippen LogP contribution in [0, 0.1) is 0 Å². The van der Waals surface area contributed by atoms with E-state index in [2.05, 4.69) is 21.0 Å². The van der Waals surface area contributed by atoms with Gasteiger partial charge in [-0.1, -0.05) is 76.6 Å². The molecule has 196 valence electrons. The molecule has 0 bridgehead atoms. The van der Waals surface area contributed by atoms with Gasteiger partial charge in [-0.05, 0) is 43.2 Å². The second-order valence-electron chi connectivity index (χ2n) is 9.23. The van der Waals surface area contributed by atoms with Gasteiger partial charge in [0.05, 0.1) is 24.2 Å². The molecule has 6 nitrogen and oxygen atoms in total. The van der Waals surface area contributed by atoms with E-state index < -0.39 is 0 Å². The van der Waals surface area contributed by atoms with Gasteiger partial charge in [0.2, 0.25) is 0 Å². The van der Waals surface area contributed by atoms with Gasteiger partial charge in [0, 0.05) is 37.6 Å². The Morgan fingerprint density at radius 1 is 1.11 bits per heavy atom. The number of hydrogen-bond acceptors (Lipinski definition) is 5. The van der Waals surface area contributed by atoms with Crippen molar-refractivity contribution in [3.8, 4) is 11.5 Å². The van der Waals surface area contributed by atoms with Crippen LogP contribution >= 0.6 is 39.1 Å². The Morgan fingerprint density at radius 3 is 2.66 bits per heavy atom. The smallest absolute Gasteiger partial charge is 0.282 e. The third-order valence-electron chi connectivity index (χ3n) is 6.71. The lowest BCUT2D eigenvalue weighted by Gasteiger charge is -2.23. The molecule has 3 aromatic carbocycles. The number of methoxy groups -OCH3 is 1. The Hall–Kier alpha value is -2.87. The zero-order chi connectivity index (χ0) is 26.6. The van der Waals surface area contributed by atoms with Crippen LogP contribution in [-0.4, -0.2) is 23.0 Å². The van der Waals surface area contributed by atoms with Crippen molar-refractivity contribution in [2.24, 2.45) is 5.10 Å². The maximum absolute atomic E-state index is 13.7. The summed E-state index contributed by atoms with van der Waals surface area (Å²) in [6.07, 6.45) is 6.93. The molecule has 1 aliphatic carbocycles. The molecule has 0 radical (unpaired) electrons. The molecular weight excluding hydrogens is 589 g/mol. The topological polar surface area (TPSA) is 65.7 Å². The van der Waals surface area contributed by atoms with Crippen LogP contribution in [0.2, 0.25) is 10.0 Å². The summed E-state index contributed by atoms with van der Waals surface area (Å²) >= 11 is 16.2. The van der Waals surface area contributed by atoms with Gasteiger partial charge in [0.1, 0.15) is 12.4 Å². The fourth-order valence-electron chi connectivity index (χ4n) is 4.78. The summed E-state index contributed by atoms with van der Waals surface area (Å²) in [5.74, 6) is 1.73. The minimum atomic E-state index is -0.222. The molecule has 0 atom stereocenters. The summed E-state index contributed by atoms with van der Waals surface area (Å²) in [5.41, 5.74) is 1.84. The average Bonchev–Trinajstić information content (AvgIpc) is 2.93. The van der Waals surface area contributed by atoms with E-state index in [0.29, 0.717) is 43.8 Å². The Balaban J connectivity index is 1.59. The van der Waals surface area contributed by atoms with E-state index in [9.17, 15) is 4.79 Å². The monoisotopic (exact) mass is 613 g/mol. The number of fused-ring (bicyclic) bond motifs is 1.